The maximum absolute atomic E-state index is 12.4. The molecule has 8 heteroatoms. The van der Waals surface area contributed by atoms with Gasteiger partial charge in [0.15, 0.2) is 0 Å². The second-order valence-corrected chi connectivity index (χ2v) is 6.85. The van der Waals surface area contributed by atoms with Crippen LogP contribution < -0.4 is 10.2 Å². The number of rotatable bonds is 5. The van der Waals surface area contributed by atoms with E-state index in [1.54, 1.807) is 0 Å². The zero-order valence-corrected chi connectivity index (χ0v) is 14.8. The lowest BCUT2D eigenvalue weighted by Gasteiger charge is -2.36. The van der Waals surface area contributed by atoms with Crippen LogP contribution in [0.4, 0.5) is 16.4 Å². The smallest absolute Gasteiger partial charge is 0.324 e. The summed E-state index contributed by atoms with van der Waals surface area (Å²) in [6.45, 7) is 7.01. The molecule has 0 unspecified atom stereocenters. The standard InChI is InChI=1S/C17H20N4O3S/c1-2-19-9-11-20(12-10-19)14-6-4-3-5-13(14)18-17(22)15-7-8-16(25-15)21(23)24/h3-8H,2,9-12H2,1H3,(H,18,22). The van der Waals surface area contributed by atoms with Crippen molar-refractivity contribution in [2.24, 2.45) is 0 Å². The van der Waals surface area contributed by atoms with Gasteiger partial charge in [-0.25, -0.2) is 0 Å². The summed E-state index contributed by atoms with van der Waals surface area (Å²) in [5.41, 5.74) is 1.71. The van der Waals surface area contributed by atoms with Crippen molar-refractivity contribution in [3.8, 4) is 0 Å². The first-order chi connectivity index (χ1) is 12.1. The second-order valence-electron chi connectivity index (χ2n) is 5.79. The van der Waals surface area contributed by atoms with Crippen LogP contribution in [0.2, 0.25) is 0 Å². The van der Waals surface area contributed by atoms with Crippen LogP contribution in [-0.4, -0.2) is 48.5 Å². The minimum absolute atomic E-state index is 0.0332. The van der Waals surface area contributed by atoms with Gasteiger partial charge in [-0.15, -0.1) is 0 Å². The van der Waals surface area contributed by atoms with Gasteiger partial charge in [-0.1, -0.05) is 30.4 Å². The number of para-hydroxylation sites is 2. The highest BCUT2D eigenvalue weighted by Gasteiger charge is 2.20. The quantitative estimate of drug-likeness (QED) is 0.655. The number of amides is 1. The molecule has 0 saturated carbocycles. The molecule has 0 spiro atoms. The van der Waals surface area contributed by atoms with E-state index in [2.05, 4.69) is 22.0 Å². The number of likely N-dealkylation sites (N-methyl/N-ethyl adjacent to an activating group) is 1. The zero-order valence-electron chi connectivity index (χ0n) is 14.0. The molecular formula is C17H20N4O3S. The molecule has 0 radical (unpaired) electrons. The van der Waals surface area contributed by atoms with Crippen LogP contribution in [0, 0.1) is 10.1 Å². The fourth-order valence-corrected chi connectivity index (χ4v) is 3.61. The van der Waals surface area contributed by atoms with Crippen molar-refractivity contribution in [1.82, 2.24) is 4.90 Å². The van der Waals surface area contributed by atoms with Crippen molar-refractivity contribution in [2.75, 3.05) is 42.9 Å². The Hall–Kier alpha value is -2.45. The topological polar surface area (TPSA) is 78.7 Å². The van der Waals surface area contributed by atoms with Crippen molar-refractivity contribution >= 4 is 33.6 Å². The van der Waals surface area contributed by atoms with E-state index >= 15 is 0 Å². The van der Waals surface area contributed by atoms with Crippen molar-refractivity contribution in [3.63, 3.8) is 0 Å². The number of nitro groups is 1. The lowest BCUT2D eigenvalue weighted by molar-refractivity contribution is -0.380. The molecule has 1 saturated heterocycles. The summed E-state index contributed by atoms with van der Waals surface area (Å²) in [5, 5.41) is 13.6. The first kappa shape index (κ1) is 17.4. The average Bonchev–Trinajstić information content (AvgIpc) is 3.13. The van der Waals surface area contributed by atoms with Crippen LogP contribution in [-0.2, 0) is 0 Å². The zero-order chi connectivity index (χ0) is 17.8. The Morgan fingerprint density at radius 2 is 1.92 bits per heavy atom. The Labute approximate surface area is 150 Å². The highest BCUT2D eigenvalue weighted by Crippen LogP contribution is 2.29. The molecule has 2 aromatic rings. The first-order valence-electron chi connectivity index (χ1n) is 8.20. The number of hydrogen-bond acceptors (Lipinski definition) is 6. The summed E-state index contributed by atoms with van der Waals surface area (Å²) in [4.78, 5) is 27.7. The van der Waals surface area contributed by atoms with Crippen molar-refractivity contribution in [2.45, 2.75) is 6.92 Å². The molecular weight excluding hydrogens is 340 g/mol. The largest absolute Gasteiger partial charge is 0.367 e. The summed E-state index contributed by atoms with van der Waals surface area (Å²) in [5.74, 6) is -0.322. The highest BCUT2D eigenvalue weighted by molar-refractivity contribution is 7.17. The molecule has 0 atom stereocenters. The van der Waals surface area contributed by atoms with E-state index < -0.39 is 4.92 Å². The number of anilines is 2. The van der Waals surface area contributed by atoms with Crippen molar-refractivity contribution in [3.05, 3.63) is 51.4 Å². The van der Waals surface area contributed by atoms with Gasteiger partial charge in [0.2, 0.25) is 0 Å². The molecule has 0 bridgehead atoms. The highest BCUT2D eigenvalue weighted by atomic mass is 32.1. The Kier molecular flexibility index (Phi) is 5.30. The predicted octanol–water partition coefficient (Wildman–Crippen LogP) is 3.05. The summed E-state index contributed by atoms with van der Waals surface area (Å²) in [6, 6.07) is 10.5. The van der Waals surface area contributed by atoms with Gasteiger partial charge in [0, 0.05) is 32.2 Å². The number of nitrogens with zero attached hydrogens (tertiary/aromatic N) is 3. The fourth-order valence-electron chi connectivity index (χ4n) is 2.89. The molecule has 7 nitrogen and oxygen atoms in total. The third kappa shape index (κ3) is 3.97. The third-order valence-electron chi connectivity index (χ3n) is 4.31. The van der Waals surface area contributed by atoms with Gasteiger partial charge < -0.3 is 15.1 Å². The van der Waals surface area contributed by atoms with Crippen LogP contribution in [0.1, 0.15) is 16.6 Å². The maximum Gasteiger partial charge on any atom is 0.324 e. The van der Waals surface area contributed by atoms with Gasteiger partial charge in [0.1, 0.15) is 0 Å². The molecule has 0 aliphatic carbocycles. The Morgan fingerprint density at radius 1 is 1.20 bits per heavy atom. The van der Waals surface area contributed by atoms with Gasteiger partial charge in [0.25, 0.3) is 5.91 Å². The third-order valence-corrected chi connectivity index (χ3v) is 5.34. The Balaban J connectivity index is 1.74. The molecule has 132 valence electrons. The SMILES string of the molecule is CCN1CCN(c2ccccc2NC(=O)c2ccc([N+](=O)[O-])s2)CC1. The normalized spacial score (nSPS) is 15.2. The van der Waals surface area contributed by atoms with E-state index in [4.69, 9.17) is 0 Å². The fraction of sp³-hybridized carbons (Fsp3) is 0.353. The van der Waals surface area contributed by atoms with Crippen molar-refractivity contribution in [1.29, 1.82) is 0 Å². The number of nitrogens with one attached hydrogen (secondary N) is 1. The van der Waals surface area contributed by atoms with Crippen LogP contribution in [0.3, 0.4) is 0 Å². The van der Waals surface area contributed by atoms with Gasteiger partial charge in [-0.3, -0.25) is 14.9 Å². The van der Waals surface area contributed by atoms with Crippen LogP contribution in [0.25, 0.3) is 0 Å². The Bertz CT molecular complexity index is 769. The van der Waals surface area contributed by atoms with E-state index in [1.807, 2.05) is 24.3 Å². The van der Waals surface area contributed by atoms with Crippen molar-refractivity contribution < 1.29 is 9.72 Å². The summed E-state index contributed by atoms with van der Waals surface area (Å²) >= 11 is 0.882. The van der Waals surface area contributed by atoms with Gasteiger partial charge in [0.05, 0.1) is 21.2 Å². The van der Waals surface area contributed by atoms with E-state index in [0.717, 1.165) is 55.4 Å². The molecule has 1 aliphatic heterocycles. The molecule has 1 aliphatic rings. The number of hydrogen-bond donors (Lipinski definition) is 1. The molecule has 2 heterocycles. The second kappa shape index (κ2) is 7.62. The summed E-state index contributed by atoms with van der Waals surface area (Å²) in [6.07, 6.45) is 0. The number of piperazine rings is 1. The summed E-state index contributed by atoms with van der Waals surface area (Å²) in [7, 11) is 0. The summed E-state index contributed by atoms with van der Waals surface area (Å²) < 4.78 is 0. The van der Waals surface area contributed by atoms with Gasteiger partial charge in [-0.05, 0) is 24.7 Å². The van der Waals surface area contributed by atoms with E-state index in [0.29, 0.717) is 4.88 Å². The lowest BCUT2D eigenvalue weighted by atomic mass is 10.2. The molecule has 3 rings (SSSR count). The average molecular weight is 360 g/mol. The first-order valence-corrected chi connectivity index (χ1v) is 9.02. The minimum Gasteiger partial charge on any atom is -0.367 e. The predicted molar refractivity (Wildman–Crippen MR) is 99.7 cm³/mol. The maximum atomic E-state index is 12.4. The van der Waals surface area contributed by atoms with E-state index in [-0.39, 0.29) is 10.9 Å². The molecule has 1 fully saturated rings. The molecule has 1 aromatic carbocycles. The van der Waals surface area contributed by atoms with Crippen LogP contribution in [0.15, 0.2) is 36.4 Å². The molecule has 1 amide bonds. The Morgan fingerprint density at radius 3 is 2.56 bits per heavy atom. The van der Waals surface area contributed by atoms with Crippen LogP contribution >= 0.6 is 11.3 Å². The number of thiophene rings is 1. The number of carbonyl (C=O) groups is 1. The molecule has 25 heavy (non-hydrogen) atoms. The van der Waals surface area contributed by atoms with Gasteiger partial charge >= 0.3 is 5.00 Å². The van der Waals surface area contributed by atoms with Crippen LogP contribution in [0.5, 0.6) is 0 Å². The number of carbonyl (C=O) groups excluding carboxylic acids is 1. The molecule has 1 N–H and O–H groups in total. The molecule has 1 aromatic heterocycles. The number of benzene rings is 1. The van der Waals surface area contributed by atoms with E-state index in [1.165, 1.54) is 12.1 Å². The minimum atomic E-state index is -0.484. The lowest BCUT2D eigenvalue weighted by Crippen LogP contribution is -2.46. The van der Waals surface area contributed by atoms with E-state index in [9.17, 15) is 14.9 Å². The monoisotopic (exact) mass is 360 g/mol. The van der Waals surface area contributed by atoms with Gasteiger partial charge in [-0.2, -0.15) is 0 Å².